The van der Waals surface area contributed by atoms with Gasteiger partial charge in [0.15, 0.2) is 0 Å². The van der Waals surface area contributed by atoms with Gasteiger partial charge in [0.05, 0.1) is 6.61 Å². The SMILES string of the molecule is OCCC#Cc1ccsc1CN1CCCCCC1. The van der Waals surface area contributed by atoms with Crippen LogP contribution in [0.1, 0.15) is 42.5 Å². The molecule has 0 spiro atoms. The Bertz CT molecular complexity index is 408. The first kappa shape index (κ1) is 13.6. The number of nitrogens with zero attached hydrogens (tertiary/aromatic N) is 1. The average Bonchev–Trinajstić information content (AvgIpc) is 2.65. The summed E-state index contributed by atoms with van der Waals surface area (Å²) in [4.78, 5) is 3.93. The van der Waals surface area contributed by atoms with Crippen LogP contribution in [0.4, 0.5) is 0 Å². The maximum Gasteiger partial charge on any atom is 0.0540 e. The molecule has 2 heterocycles. The molecule has 1 fully saturated rings. The zero-order valence-corrected chi connectivity index (χ0v) is 11.6. The predicted octanol–water partition coefficient (Wildman–Crippen LogP) is 2.86. The number of aliphatic hydroxyl groups excluding tert-OH is 1. The molecule has 1 aliphatic rings. The Hall–Kier alpha value is -0.820. The third kappa shape index (κ3) is 4.13. The molecule has 1 N–H and O–H groups in total. The van der Waals surface area contributed by atoms with Crippen LogP contribution in [-0.2, 0) is 6.54 Å². The van der Waals surface area contributed by atoms with Gasteiger partial charge < -0.3 is 5.11 Å². The average molecular weight is 263 g/mol. The molecule has 0 atom stereocenters. The van der Waals surface area contributed by atoms with Crippen LogP contribution in [0.25, 0.3) is 0 Å². The van der Waals surface area contributed by atoms with E-state index in [2.05, 4.69) is 28.2 Å². The molecule has 0 unspecified atom stereocenters. The maximum atomic E-state index is 8.75. The van der Waals surface area contributed by atoms with Gasteiger partial charge in [0.25, 0.3) is 0 Å². The Morgan fingerprint density at radius 1 is 1.22 bits per heavy atom. The van der Waals surface area contributed by atoms with Gasteiger partial charge in [-0.05, 0) is 37.4 Å². The summed E-state index contributed by atoms with van der Waals surface area (Å²) in [6.07, 6.45) is 5.99. The summed E-state index contributed by atoms with van der Waals surface area (Å²) in [5.74, 6) is 6.19. The fourth-order valence-corrected chi connectivity index (χ4v) is 3.16. The molecule has 0 saturated carbocycles. The molecule has 0 aliphatic carbocycles. The lowest BCUT2D eigenvalue weighted by atomic mass is 10.2. The summed E-state index contributed by atoms with van der Waals surface area (Å²) in [5, 5.41) is 10.9. The molecule has 98 valence electrons. The van der Waals surface area contributed by atoms with Crippen molar-refractivity contribution in [2.24, 2.45) is 0 Å². The van der Waals surface area contributed by atoms with Crippen molar-refractivity contribution in [3.05, 3.63) is 21.9 Å². The monoisotopic (exact) mass is 263 g/mol. The summed E-state index contributed by atoms with van der Waals surface area (Å²) in [6.45, 7) is 3.64. The van der Waals surface area contributed by atoms with Gasteiger partial charge in [-0.2, -0.15) is 0 Å². The van der Waals surface area contributed by atoms with E-state index in [-0.39, 0.29) is 6.61 Å². The van der Waals surface area contributed by atoms with Crippen molar-refractivity contribution in [1.29, 1.82) is 0 Å². The van der Waals surface area contributed by atoms with Crippen molar-refractivity contribution in [2.75, 3.05) is 19.7 Å². The molecule has 2 nitrogen and oxygen atoms in total. The number of thiophene rings is 1. The molecule has 1 saturated heterocycles. The van der Waals surface area contributed by atoms with Gasteiger partial charge >= 0.3 is 0 Å². The molecule has 1 aromatic rings. The van der Waals surface area contributed by atoms with Crippen LogP contribution in [0, 0.1) is 11.8 Å². The van der Waals surface area contributed by atoms with Crippen LogP contribution < -0.4 is 0 Å². The van der Waals surface area contributed by atoms with E-state index in [1.165, 1.54) is 43.6 Å². The van der Waals surface area contributed by atoms with E-state index in [0.29, 0.717) is 6.42 Å². The van der Waals surface area contributed by atoms with Crippen LogP contribution in [0.15, 0.2) is 11.4 Å². The van der Waals surface area contributed by atoms with Gasteiger partial charge in [0, 0.05) is 23.4 Å². The van der Waals surface area contributed by atoms with E-state index >= 15 is 0 Å². The van der Waals surface area contributed by atoms with Gasteiger partial charge in [-0.25, -0.2) is 0 Å². The Balaban J connectivity index is 1.96. The molecule has 1 aliphatic heterocycles. The normalized spacial score (nSPS) is 16.9. The van der Waals surface area contributed by atoms with Gasteiger partial charge in [-0.3, -0.25) is 4.90 Å². The van der Waals surface area contributed by atoms with Crippen LogP contribution >= 0.6 is 11.3 Å². The van der Waals surface area contributed by atoms with Crippen molar-refractivity contribution in [1.82, 2.24) is 4.90 Å². The molecule has 18 heavy (non-hydrogen) atoms. The summed E-state index contributed by atoms with van der Waals surface area (Å²) in [5.41, 5.74) is 1.15. The van der Waals surface area contributed by atoms with E-state index < -0.39 is 0 Å². The Morgan fingerprint density at radius 2 is 2.00 bits per heavy atom. The van der Waals surface area contributed by atoms with Crippen LogP contribution in [-0.4, -0.2) is 29.7 Å². The topological polar surface area (TPSA) is 23.5 Å². The minimum Gasteiger partial charge on any atom is -0.395 e. The first-order chi connectivity index (χ1) is 8.90. The first-order valence-electron chi connectivity index (χ1n) is 6.78. The Kier molecular flexibility index (Phi) is 5.73. The summed E-state index contributed by atoms with van der Waals surface area (Å²) < 4.78 is 0. The number of likely N-dealkylation sites (tertiary alicyclic amines) is 1. The van der Waals surface area contributed by atoms with E-state index in [4.69, 9.17) is 5.11 Å². The quantitative estimate of drug-likeness (QED) is 0.848. The third-order valence-electron chi connectivity index (χ3n) is 3.27. The minimum atomic E-state index is 0.151. The highest BCUT2D eigenvalue weighted by atomic mass is 32.1. The molecule has 3 heteroatoms. The maximum absolute atomic E-state index is 8.75. The van der Waals surface area contributed by atoms with Crippen molar-refractivity contribution < 1.29 is 5.11 Å². The van der Waals surface area contributed by atoms with E-state index in [0.717, 1.165) is 12.1 Å². The smallest absolute Gasteiger partial charge is 0.0540 e. The van der Waals surface area contributed by atoms with Gasteiger partial charge in [0.1, 0.15) is 0 Å². The van der Waals surface area contributed by atoms with E-state index in [9.17, 15) is 0 Å². The van der Waals surface area contributed by atoms with Crippen LogP contribution in [0.3, 0.4) is 0 Å². The number of hydrogen-bond donors (Lipinski definition) is 1. The lowest BCUT2D eigenvalue weighted by molar-refractivity contribution is 0.279. The molecular formula is C15H21NOS. The van der Waals surface area contributed by atoms with Crippen LogP contribution in [0.2, 0.25) is 0 Å². The third-order valence-corrected chi connectivity index (χ3v) is 4.18. The summed E-state index contributed by atoms with van der Waals surface area (Å²) in [7, 11) is 0. The molecule has 0 amide bonds. The van der Waals surface area contributed by atoms with Crippen molar-refractivity contribution in [3.8, 4) is 11.8 Å². The number of hydrogen-bond acceptors (Lipinski definition) is 3. The second-order valence-corrected chi connectivity index (χ2v) is 5.72. The molecule has 0 aromatic carbocycles. The standard InChI is InChI=1S/C15H21NOS/c17-11-6-3-7-14-8-12-18-15(14)13-16-9-4-1-2-5-10-16/h8,12,17H,1-2,4-6,9-11,13H2. The second-order valence-electron chi connectivity index (χ2n) is 4.72. The molecule has 0 radical (unpaired) electrons. The highest BCUT2D eigenvalue weighted by Gasteiger charge is 2.11. The van der Waals surface area contributed by atoms with Crippen molar-refractivity contribution in [3.63, 3.8) is 0 Å². The van der Waals surface area contributed by atoms with Gasteiger partial charge in [-0.15, -0.1) is 11.3 Å². The lowest BCUT2D eigenvalue weighted by Crippen LogP contribution is -2.23. The van der Waals surface area contributed by atoms with E-state index in [1.54, 1.807) is 11.3 Å². The van der Waals surface area contributed by atoms with Crippen molar-refractivity contribution >= 4 is 11.3 Å². The van der Waals surface area contributed by atoms with E-state index in [1.807, 2.05) is 0 Å². The summed E-state index contributed by atoms with van der Waals surface area (Å²) in [6, 6.07) is 2.10. The first-order valence-corrected chi connectivity index (χ1v) is 7.66. The largest absolute Gasteiger partial charge is 0.395 e. The lowest BCUT2D eigenvalue weighted by Gasteiger charge is -2.18. The predicted molar refractivity (Wildman–Crippen MR) is 76.6 cm³/mol. The highest BCUT2D eigenvalue weighted by Crippen LogP contribution is 2.20. The fraction of sp³-hybridized carbons (Fsp3) is 0.600. The number of aliphatic hydroxyl groups is 1. The van der Waals surface area contributed by atoms with Crippen molar-refractivity contribution in [2.45, 2.75) is 38.6 Å². The molecule has 2 rings (SSSR count). The summed E-state index contributed by atoms with van der Waals surface area (Å²) >= 11 is 1.80. The zero-order chi connectivity index (χ0) is 12.6. The Labute approximate surface area is 114 Å². The zero-order valence-electron chi connectivity index (χ0n) is 10.8. The highest BCUT2D eigenvalue weighted by molar-refractivity contribution is 7.10. The Morgan fingerprint density at radius 3 is 2.72 bits per heavy atom. The number of rotatable bonds is 3. The second kappa shape index (κ2) is 7.58. The van der Waals surface area contributed by atoms with Crippen LogP contribution in [0.5, 0.6) is 0 Å². The van der Waals surface area contributed by atoms with Gasteiger partial charge in [-0.1, -0.05) is 24.7 Å². The molecule has 0 bridgehead atoms. The fourth-order valence-electron chi connectivity index (χ4n) is 2.29. The van der Waals surface area contributed by atoms with Gasteiger partial charge in [0.2, 0.25) is 0 Å². The minimum absolute atomic E-state index is 0.151. The molecule has 1 aromatic heterocycles. The molecular weight excluding hydrogens is 242 g/mol.